The summed E-state index contributed by atoms with van der Waals surface area (Å²) in [6.07, 6.45) is 0. The molecule has 2 rings (SSSR count). The summed E-state index contributed by atoms with van der Waals surface area (Å²) in [5.74, 6) is 1.18. The first-order valence-corrected chi connectivity index (χ1v) is 7.93. The van der Waals surface area contributed by atoms with Gasteiger partial charge in [-0.3, -0.25) is 0 Å². The molecule has 1 N–H and O–H groups in total. The van der Waals surface area contributed by atoms with E-state index < -0.39 is 0 Å². The molecule has 1 nitrogen and oxygen atoms in total. The van der Waals surface area contributed by atoms with Gasteiger partial charge < -0.3 is 5.32 Å². The lowest BCUT2D eigenvalue weighted by molar-refractivity contribution is 0.436. The molecule has 0 aliphatic heterocycles. The van der Waals surface area contributed by atoms with E-state index in [0.717, 1.165) is 6.54 Å². The fourth-order valence-corrected chi connectivity index (χ4v) is 2.72. The van der Waals surface area contributed by atoms with Crippen LogP contribution in [0.2, 0.25) is 0 Å². The van der Waals surface area contributed by atoms with E-state index >= 15 is 0 Å². The van der Waals surface area contributed by atoms with Crippen LogP contribution < -0.4 is 5.32 Å². The Balaban J connectivity index is 2.00. The zero-order chi connectivity index (χ0) is 15.2. The highest BCUT2D eigenvalue weighted by Gasteiger charge is 2.16. The largest absolute Gasteiger partial charge is 0.310 e. The highest BCUT2D eigenvalue weighted by molar-refractivity contribution is 5.24. The average Bonchev–Trinajstić information content (AvgIpc) is 2.48. The number of aryl methyl sites for hydroxylation is 1. The van der Waals surface area contributed by atoms with Crippen LogP contribution in [0.5, 0.6) is 0 Å². The van der Waals surface area contributed by atoms with E-state index in [9.17, 15) is 0 Å². The van der Waals surface area contributed by atoms with E-state index in [1.54, 1.807) is 0 Å². The number of hydrogen-bond acceptors (Lipinski definition) is 1. The minimum absolute atomic E-state index is 0.385. The fourth-order valence-electron chi connectivity index (χ4n) is 2.72. The lowest BCUT2D eigenvalue weighted by Crippen LogP contribution is -2.27. The molecule has 0 radical (unpaired) electrons. The molecule has 2 aromatic rings. The second-order valence-electron chi connectivity index (χ2n) is 6.30. The van der Waals surface area contributed by atoms with Crippen LogP contribution in [0.15, 0.2) is 54.6 Å². The van der Waals surface area contributed by atoms with Crippen LogP contribution in [0.1, 0.15) is 49.4 Å². The van der Waals surface area contributed by atoms with Gasteiger partial charge in [0.25, 0.3) is 0 Å². The van der Waals surface area contributed by atoms with Crippen molar-refractivity contribution in [1.82, 2.24) is 5.32 Å². The summed E-state index contributed by atoms with van der Waals surface area (Å²) in [7, 11) is 0. The van der Waals surface area contributed by atoms with E-state index in [1.165, 1.54) is 16.7 Å². The minimum Gasteiger partial charge on any atom is -0.310 e. The molecule has 2 atom stereocenters. The third-order valence-electron chi connectivity index (χ3n) is 4.25. The third-order valence-corrected chi connectivity index (χ3v) is 4.25. The fraction of sp³-hybridized carbons (Fsp3) is 0.400. The Morgan fingerprint density at radius 2 is 1.43 bits per heavy atom. The summed E-state index contributed by atoms with van der Waals surface area (Å²) >= 11 is 0. The molecule has 0 aliphatic carbocycles. The zero-order valence-electron chi connectivity index (χ0n) is 13.6. The summed E-state index contributed by atoms with van der Waals surface area (Å²) in [4.78, 5) is 0. The normalized spacial score (nSPS) is 14.1. The molecule has 0 saturated carbocycles. The van der Waals surface area contributed by atoms with Gasteiger partial charge in [0.2, 0.25) is 0 Å². The molecule has 0 spiro atoms. The number of rotatable bonds is 6. The van der Waals surface area contributed by atoms with Gasteiger partial charge in [0.05, 0.1) is 0 Å². The van der Waals surface area contributed by atoms with E-state index in [-0.39, 0.29) is 0 Å². The summed E-state index contributed by atoms with van der Waals surface area (Å²) in [6, 6.07) is 20.0. The average molecular weight is 281 g/mol. The third kappa shape index (κ3) is 4.44. The van der Waals surface area contributed by atoms with Gasteiger partial charge in [-0.2, -0.15) is 0 Å². The van der Waals surface area contributed by atoms with Crippen molar-refractivity contribution in [1.29, 1.82) is 0 Å². The molecular formula is C20H27N. The molecule has 0 amide bonds. The maximum absolute atomic E-state index is 3.70. The summed E-state index contributed by atoms with van der Waals surface area (Å²) in [5.41, 5.74) is 4.10. The van der Waals surface area contributed by atoms with Crippen LogP contribution >= 0.6 is 0 Å². The standard InChI is InChI=1S/C20H27N/c1-15(2)20(19-8-6-5-7-9-19)14-21-17(4)18-12-10-16(3)11-13-18/h5-13,15,17,20-21H,14H2,1-4H3. The number of nitrogens with one attached hydrogen (secondary N) is 1. The number of hydrogen-bond donors (Lipinski definition) is 1. The Morgan fingerprint density at radius 3 is 2.00 bits per heavy atom. The van der Waals surface area contributed by atoms with Crippen LogP contribution in [-0.4, -0.2) is 6.54 Å². The molecule has 0 aromatic heterocycles. The van der Waals surface area contributed by atoms with Crippen LogP contribution in [-0.2, 0) is 0 Å². The molecule has 21 heavy (non-hydrogen) atoms. The Bertz CT molecular complexity index is 528. The molecular weight excluding hydrogens is 254 g/mol. The minimum atomic E-state index is 0.385. The molecule has 0 heterocycles. The maximum Gasteiger partial charge on any atom is 0.0292 e. The topological polar surface area (TPSA) is 12.0 Å². The number of benzene rings is 2. The van der Waals surface area contributed by atoms with Gasteiger partial charge in [0.15, 0.2) is 0 Å². The zero-order valence-corrected chi connectivity index (χ0v) is 13.6. The van der Waals surface area contributed by atoms with Crippen LogP contribution in [0.3, 0.4) is 0 Å². The highest BCUT2D eigenvalue weighted by Crippen LogP contribution is 2.24. The van der Waals surface area contributed by atoms with Gasteiger partial charge in [-0.15, -0.1) is 0 Å². The van der Waals surface area contributed by atoms with Crippen molar-refractivity contribution in [3.63, 3.8) is 0 Å². The van der Waals surface area contributed by atoms with Gasteiger partial charge in [-0.1, -0.05) is 74.0 Å². The Kier molecular flexibility index (Phi) is 5.58. The monoisotopic (exact) mass is 281 g/mol. The second kappa shape index (κ2) is 7.42. The van der Waals surface area contributed by atoms with Gasteiger partial charge in [0.1, 0.15) is 0 Å². The van der Waals surface area contributed by atoms with Gasteiger partial charge in [-0.05, 0) is 36.8 Å². The predicted molar refractivity (Wildman–Crippen MR) is 91.6 cm³/mol. The molecule has 112 valence electrons. The van der Waals surface area contributed by atoms with Gasteiger partial charge in [0, 0.05) is 12.6 Å². The SMILES string of the molecule is Cc1ccc(C(C)NCC(c2ccccc2)C(C)C)cc1. The first-order chi connectivity index (χ1) is 10.1. The van der Waals surface area contributed by atoms with Crippen molar-refractivity contribution in [3.05, 3.63) is 71.3 Å². The quantitative estimate of drug-likeness (QED) is 0.778. The lowest BCUT2D eigenvalue weighted by Gasteiger charge is -2.24. The van der Waals surface area contributed by atoms with E-state index in [2.05, 4.69) is 87.6 Å². The van der Waals surface area contributed by atoms with Crippen molar-refractivity contribution >= 4 is 0 Å². The molecule has 2 unspecified atom stereocenters. The van der Waals surface area contributed by atoms with E-state index in [1.807, 2.05) is 0 Å². The van der Waals surface area contributed by atoms with E-state index in [4.69, 9.17) is 0 Å². The molecule has 0 saturated heterocycles. The van der Waals surface area contributed by atoms with Crippen LogP contribution in [0.25, 0.3) is 0 Å². The molecule has 2 aromatic carbocycles. The van der Waals surface area contributed by atoms with Crippen LogP contribution in [0.4, 0.5) is 0 Å². The van der Waals surface area contributed by atoms with E-state index in [0.29, 0.717) is 17.9 Å². The van der Waals surface area contributed by atoms with Gasteiger partial charge >= 0.3 is 0 Å². The van der Waals surface area contributed by atoms with Crippen LogP contribution in [0, 0.1) is 12.8 Å². The van der Waals surface area contributed by atoms with Crippen molar-refractivity contribution in [3.8, 4) is 0 Å². The first kappa shape index (κ1) is 15.8. The summed E-state index contributed by atoms with van der Waals surface area (Å²) in [5, 5.41) is 3.70. The summed E-state index contributed by atoms with van der Waals surface area (Å²) in [6.45, 7) is 9.99. The molecule has 0 bridgehead atoms. The molecule has 0 aliphatic rings. The van der Waals surface area contributed by atoms with Crippen molar-refractivity contribution in [2.75, 3.05) is 6.54 Å². The van der Waals surface area contributed by atoms with Gasteiger partial charge in [-0.25, -0.2) is 0 Å². The highest BCUT2D eigenvalue weighted by atomic mass is 14.9. The maximum atomic E-state index is 3.70. The first-order valence-electron chi connectivity index (χ1n) is 7.93. The van der Waals surface area contributed by atoms with Crippen molar-refractivity contribution in [2.24, 2.45) is 5.92 Å². The smallest absolute Gasteiger partial charge is 0.0292 e. The second-order valence-corrected chi connectivity index (χ2v) is 6.30. The Morgan fingerprint density at radius 1 is 0.810 bits per heavy atom. The lowest BCUT2D eigenvalue weighted by atomic mass is 9.88. The van der Waals surface area contributed by atoms with Crippen molar-refractivity contribution in [2.45, 2.75) is 39.7 Å². The summed E-state index contributed by atoms with van der Waals surface area (Å²) < 4.78 is 0. The van der Waals surface area contributed by atoms with Crippen molar-refractivity contribution < 1.29 is 0 Å². The molecule has 1 heteroatoms. The Hall–Kier alpha value is -1.60. The Labute approximate surface area is 129 Å². The molecule has 0 fully saturated rings. The predicted octanol–water partition coefficient (Wildman–Crippen LogP) is 5.09.